The molecule has 0 unspecified atom stereocenters. The predicted octanol–water partition coefficient (Wildman–Crippen LogP) is 2.35. The molecule has 0 fully saturated rings. The molecule has 0 atom stereocenters. The van der Waals surface area contributed by atoms with Crippen molar-refractivity contribution in [3.05, 3.63) is 34.4 Å². The summed E-state index contributed by atoms with van der Waals surface area (Å²) in [6, 6.07) is 2.78. The van der Waals surface area contributed by atoms with Crippen molar-refractivity contribution < 1.29 is 19.8 Å². The fourth-order valence-electron chi connectivity index (χ4n) is 1.15. The molecule has 4 nitrogen and oxygen atoms in total. The van der Waals surface area contributed by atoms with Crippen molar-refractivity contribution >= 4 is 29.9 Å². The lowest BCUT2D eigenvalue weighted by atomic mass is 10.1. The van der Waals surface area contributed by atoms with Crippen LogP contribution in [0.3, 0.4) is 0 Å². The quantitative estimate of drug-likeness (QED) is 0.792. The first-order chi connectivity index (χ1) is 7.54. The summed E-state index contributed by atoms with van der Waals surface area (Å²) in [5, 5.41) is 18.3. The number of phenolic OH excluding ortho intramolecular Hbond substituents is 1. The van der Waals surface area contributed by atoms with E-state index in [-0.39, 0.29) is 17.7 Å². The largest absolute Gasteiger partial charge is 0.507 e. The first-order valence-corrected chi connectivity index (χ1v) is 4.78. The molecule has 2 N–H and O–H groups in total. The number of carbonyl (C=O) groups is 2. The van der Waals surface area contributed by atoms with E-state index in [1.54, 1.807) is 0 Å². The van der Waals surface area contributed by atoms with Crippen LogP contribution in [-0.4, -0.2) is 22.5 Å². The molecule has 1 rings (SSSR count). The summed E-state index contributed by atoms with van der Waals surface area (Å²) in [6.45, 7) is 0. The highest BCUT2D eigenvalue weighted by atomic mass is 35.5. The third-order valence-electron chi connectivity index (χ3n) is 1.85. The second-order valence-corrected chi connectivity index (χ2v) is 3.49. The van der Waals surface area contributed by atoms with Gasteiger partial charge in [-0.2, -0.15) is 0 Å². The maximum atomic E-state index is 10.6. The van der Waals surface area contributed by atoms with Gasteiger partial charge in [0.2, 0.25) is 0 Å². The summed E-state index contributed by atoms with van der Waals surface area (Å²) in [7, 11) is 0. The first kappa shape index (κ1) is 12.3. The minimum absolute atomic E-state index is 0.0717. The molecule has 0 aromatic heterocycles. The van der Waals surface area contributed by atoms with Gasteiger partial charge in [-0.25, -0.2) is 0 Å². The van der Waals surface area contributed by atoms with Crippen LogP contribution in [0.4, 0.5) is 0 Å². The molecular weight excluding hydrogens is 232 g/mol. The average Bonchev–Trinajstić information content (AvgIpc) is 2.22. The summed E-state index contributed by atoms with van der Waals surface area (Å²) in [4.78, 5) is 20.8. The molecule has 16 heavy (non-hydrogen) atoms. The maximum absolute atomic E-state index is 10.6. The van der Waals surface area contributed by atoms with Gasteiger partial charge in [-0.1, -0.05) is 23.8 Å². The lowest BCUT2D eigenvalue weighted by Gasteiger charge is -2.02. The second kappa shape index (κ2) is 5.32. The van der Waals surface area contributed by atoms with Gasteiger partial charge in [0.15, 0.2) is 6.29 Å². The van der Waals surface area contributed by atoms with Crippen LogP contribution in [0.25, 0.3) is 6.08 Å². The number of aldehydes is 1. The van der Waals surface area contributed by atoms with Gasteiger partial charge < -0.3 is 10.2 Å². The number of hydrogen-bond acceptors (Lipinski definition) is 3. The van der Waals surface area contributed by atoms with Crippen molar-refractivity contribution in [3.63, 3.8) is 0 Å². The molecule has 0 heterocycles. The van der Waals surface area contributed by atoms with Crippen molar-refractivity contribution in [1.29, 1.82) is 0 Å². The lowest BCUT2D eigenvalue weighted by Crippen LogP contribution is -1.90. The highest BCUT2D eigenvalue weighted by Gasteiger charge is 2.06. The molecule has 1 aromatic carbocycles. The number of hydrogen-bond donors (Lipinski definition) is 2. The number of carboxylic acid groups (broad SMARTS) is 1. The molecule has 0 aliphatic carbocycles. The summed E-state index contributed by atoms with van der Waals surface area (Å²) in [5.41, 5.74) is 0.387. The van der Waals surface area contributed by atoms with Crippen LogP contribution in [0.5, 0.6) is 5.75 Å². The molecule has 0 radical (unpaired) electrons. The van der Waals surface area contributed by atoms with E-state index in [1.165, 1.54) is 24.3 Å². The molecule has 84 valence electrons. The summed E-state index contributed by atoms with van der Waals surface area (Å²) < 4.78 is 0. The molecule has 0 aliphatic rings. The first-order valence-electron chi connectivity index (χ1n) is 4.40. The van der Waals surface area contributed by atoms with Gasteiger partial charge in [0.25, 0.3) is 0 Å². The number of phenols is 1. The molecule has 1 aromatic rings. The Bertz CT molecular complexity index is 452. The molecule has 5 heteroatoms. The number of rotatable bonds is 4. The maximum Gasteiger partial charge on any atom is 0.307 e. The van der Waals surface area contributed by atoms with E-state index in [9.17, 15) is 14.7 Å². The Morgan fingerprint density at radius 1 is 1.38 bits per heavy atom. The van der Waals surface area contributed by atoms with Gasteiger partial charge in [-0.3, -0.25) is 9.59 Å². The van der Waals surface area contributed by atoms with Gasteiger partial charge in [-0.15, -0.1) is 0 Å². The summed E-state index contributed by atoms with van der Waals surface area (Å²) in [6.07, 6.45) is 3.09. The normalized spacial score (nSPS) is 10.6. The SMILES string of the molecule is O=Cc1cc(Cl)cc(C=CCC(=O)O)c1O. The van der Waals surface area contributed by atoms with Gasteiger partial charge in [0.05, 0.1) is 12.0 Å². The Morgan fingerprint density at radius 3 is 2.56 bits per heavy atom. The molecule has 0 saturated heterocycles. The van der Waals surface area contributed by atoms with Crippen LogP contribution in [0.1, 0.15) is 22.3 Å². The second-order valence-electron chi connectivity index (χ2n) is 3.05. The van der Waals surface area contributed by atoms with Crippen LogP contribution >= 0.6 is 11.6 Å². The number of aliphatic carboxylic acids is 1. The fraction of sp³-hybridized carbons (Fsp3) is 0.0909. The predicted molar refractivity (Wildman–Crippen MR) is 59.8 cm³/mol. The van der Waals surface area contributed by atoms with Crippen LogP contribution in [-0.2, 0) is 4.79 Å². The number of aromatic hydroxyl groups is 1. The van der Waals surface area contributed by atoms with Crippen molar-refractivity contribution in [2.75, 3.05) is 0 Å². The Labute approximate surface area is 96.8 Å². The number of carboxylic acids is 1. The van der Waals surface area contributed by atoms with Crippen molar-refractivity contribution in [1.82, 2.24) is 0 Å². The van der Waals surface area contributed by atoms with Crippen LogP contribution in [0.2, 0.25) is 5.02 Å². The minimum Gasteiger partial charge on any atom is -0.507 e. The molecule has 0 saturated carbocycles. The van der Waals surface area contributed by atoms with Gasteiger partial charge in [0, 0.05) is 10.6 Å². The molecule has 0 amide bonds. The van der Waals surface area contributed by atoms with E-state index in [2.05, 4.69) is 0 Å². The van der Waals surface area contributed by atoms with Gasteiger partial charge in [-0.05, 0) is 12.1 Å². The van der Waals surface area contributed by atoms with Gasteiger partial charge in [0.1, 0.15) is 5.75 Å². The van der Waals surface area contributed by atoms with E-state index in [4.69, 9.17) is 16.7 Å². The Hall–Kier alpha value is -1.81. The van der Waals surface area contributed by atoms with Crippen LogP contribution in [0.15, 0.2) is 18.2 Å². The minimum atomic E-state index is -0.978. The number of carbonyl (C=O) groups excluding carboxylic acids is 1. The lowest BCUT2D eigenvalue weighted by molar-refractivity contribution is -0.135. The van der Waals surface area contributed by atoms with Crippen LogP contribution in [0, 0.1) is 0 Å². The standard InChI is InChI=1S/C11H9ClO4/c12-9-4-7(2-1-3-10(14)15)11(16)8(5-9)6-13/h1-2,4-6,16H,3H2,(H,14,15). The van der Waals surface area contributed by atoms with Crippen molar-refractivity contribution in [2.24, 2.45) is 0 Å². The Balaban J connectivity index is 3.04. The Morgan fingerprint density at radius 2 is 2.00 bits per heavy atom. The van der Waals surface area contributed by atoms with Crippen molar-refractivity contribution in [2.45, 2.75) is 6.42 Å². The van der Waals surface area contributed by atoms with E-state index in [0.717, 1.165) is 0 Å². The van der Waals surface area contributed by atoms with E-state index in [1.807, 2.05) is 0 Å². The van der Waals surface area contributed by atoms with E-state index in [0.29, 0.717) is 16.9 Å². The highest BCUT2D eigenvalue weighted by Crippen LogP contribution is 2.27. The third kappa shape index (κ3) is 3.10. The van der Waals surface area contributed by atoms with Crippen LogP contribution < -0.4 is 0 Å². The third-order valence-corrected chi connectivity index (χ3v) is 2.07. The zero-order valence-corrected chi connectivity index (χ0v) is 8.94. The molecular formula is C11H9ClO4. The van der Waals surface area contributed by atoms with Crippen molar-refractivity contribution in [3.8, 4) is 5.75 Å². The zero-order valence-electron chi connectivity index (χ0n) is 8.18. The van der Waals surface area contributed by atoms with E-state index >= 15 is 0 Å². The molecule has 0 spiro atoms. The highest BCUT2D eigenvalue weighted by molar-refractivity contribution is 6.31. The fourth-order valence-corrected chi connectivity index (χ4v) is 1.38. The number of benzene rings is 1. The summed E-state index contributed by atoms with van der Waals surface area (Å²) in [5.74, 6) is -1.19. The number of halogens is 1. The zero-order chi connectivity index (χ0) is 12.1. The smallest absolute Gasteiger partial charge is 0.307 e. The van der Waals surface area contributed by atoms with E-state index < -0.39 is 5.97 Å². The Kier molecular flexibility index (Phi) is 4.08. The molecule has 0 bridgehead atoms. The summed E-state index contributed by atoms with van der Waals surface area (Å²) >= 11 is 5.72. The monoisotopic (exact) mass is 240 g/mol. The molecule has 0 aliphatic heterocycles. The average molecular weight is 241 g/mol. The topological polar surface area (TPSA) is 74.6 Å². The van der Waals surface area contributed by atoms with Gasteiger partial charge >= 0.3 is 5.97 Å².